The summed E-state index contributed by atoms with van der Waals surface area (Å²) in [5, 5.41) is 0. The van der Waals surface area contributed by atoms with Gasteiger partial charge < -0.3 is 19.1 Å². The Labute approximate surface area is 151 Å². The quantitative estimate of drug-likeness (QED) is 0.674. The van der Waals surface area contributed by atoms with Gasteiger partial charge in [-0.3, -0.25) is 4.90 Å². The van der Waals surface area contributed by atoms with E-state index in [0.717, 1.165) is 51.4 Å². The topological polar surface area (TPSA) is 34.2 Å². The molecule has 0 bridgehead atoms. The molecule has 2 fully saturated rings. The van der Waals surface area contributed by atoms with Gasteiger partial charge in [0.05, 0.1) is 32.5 Å². The highest BCUT2D eigenvalue weighted by Gasteiger charge is 2.39. The molecule has 1 aromatic rings. The van der Waals surface area contributed by atoms with Crippen molar-refractivity contribution in [2.24, 2.45) is 0 Å². The molecule has 2 aliphatic rings. The lowest BCUT2D eigenvalue weighted by Crippen LogP contribution is -2.43. The molecular weight excluding hydrogens is 316 g/mol. The lowest BCUT2D eigenvalue weighted by molar-refractivity contribution is -0.100. The summed E-state index contributed by atoms with van der Waals surface area (Å²) in [6.45, 7) is 4.60. The lowest BCUT2D eigenvalue weighted by Gasteiger charge is -2.36. The molecule has 25 heavy (non-hydrogen) atoms. The maximum atomic E-state index is 6.32. The second kappa shape index (κ2) is 8.99. The minimum absolute atomic E-state index is 0.268. The average Bonchev–Trinajstić information content (AvgIpc) is 3.01. The van der Waals surface area contributed by atoms with Crippen LogP contribution in [0.5, 0.6) is 5.75 Å². The third-order valence-corrected chi connectivity index (χ3v) is 5.28. The van der Waals surface area contributed by atoms with Crippen molar-refractivity contribution in [1.29, 1.82) is 0 Å². The van der Waals surface area contributed by atoms with Crippen LogP contribution in [0.1, 0.15) is 24.8 Å². The van der Waals surface area contributed by atoms with Gasteiger partial charge in [0, 0.05) is 25.7 Å². The number of nitrogens with zero attached hydrogens (tertiary/aromatic N) is 2. The van der Waals surface area contributed by atoms with Crippen LogP contribution in [0.3, 0.4) is 0 Å². The molecule has 2 saturated heterocycles. The fourth-order valence-electron chi connectivity index (χ4n) is 3.83. The molecule has 0 amide bonds. The van der Waals surface area contributed by atoms with Crippen LogP contribution in [-0.4, -0.2) is 75.6 Å². The predicted octanol–water partition coefficient (Wildman–Crippen LogP) is 2.40. The molecular formula is C20H32N2O3. The standard InChI is InChI=1S/C20H32N2O3/c1-21(2)12-13-24-15-18-8-9-19-20(25-18)10-11-22(19)14-16-4-6-17(23-3)7-5-16/h4-7,18-20H,8-15H2,1-3H3/t18-,19+,20+/m0/s1. The zero-order chi connectivity index (χ0) is 17.6. The lowest BCUT2D eigenvalue weighted by atomic mass is 9.99. The summed E-state index contributed by atoms with van der Waals surface area (Å²) >= 11 is 0. The van der Waals surface area contributed by atoms with Crippen LogP contribution in [0, 0.1) is 0 Å². The van der Waals surface area contributed by atoms with E-state index in [-0.39, 0.29) is 6.10 Å². The summed E-state index contributed by atoms with van der Waals surface area (Å²) < 4.78 is 17.3. The van der Waals surface area contributed by atoms with E-state index < -0.39 is 0 Å². The van der Waals surface area contributed by atoms with E-state index in [9.17, 15) is 0 Å². The van der Waals surface area contributed by atoms with Crippen LogP contribution >= 0.6 is 0 Å². The van der Waals surface area contributed by atoms with Gasteiger partial charge in [0.25, 0.3) is 0 Å². The summed E-state index contributed by atoms with van der Waals surface area (Å²) in [4.78, 5) is 4.72. The van der Waals surface area contributed by atoms with E-state index in [1.54, 1.807) is 7.11 Å². The summed E-state index contributed by atoms with van der Waals surface area (Å²) in [7, 11) is 5.85. The number of fused-ring (bicyclic) bond motifs is 1. The van der Waals surface area contributed by atoms with Crippen LogP contribution in [0.4, 0.5) is 0 Å². The maximum absolute atomic E-state index is 6.32. The van der Waals surface area contributed by atoms with Crippen LogP contribution in [0.2, 0.25) is 0 Å². The zero-order valence-corrected chi connectivity index (χ0v) is 15.8. The average molecular weight is 348 g/mol. The van der Waals surface area contributed by atoms with Gasteiger partial charge in [-0.05, 0) is 51.1 Å². The van der Waals surface area contributed by atoms with Crippen LogP contribution in [-0.2, 0) is 16.0 Å². The van der Waals surface area contributed by atoms with Crippen LogP contribution < -0.4 is 4.74 Å². The Bertz CT molecular complexity index is 520. The number of likely N-dealkylation sites (tertiary alicyclic amines) is 1. The van der Waals surface area contributed by atoms with E-state index in [4.69, 9.17) is 14.2 Å². The number of likely N-dealkylation sites (N-methyl/N-ethyl adjacent to an activating group) is 1. The highest BCUT2D eigenvalue weighted by molar-refractivity contribution is 5.27. The molecule has 2 heterocycles. The Morgan fingerprint density at radius 1 is 1.16 bits per heavy atom. The summed E-state index contributed by atoms with van der Waals surface area (Å²) in [6.07, 6.45) is 4.08. The van der Waals surface area contributed by atoms with Gasteiger partial charge in [-0.2, -0.15) is 0 Å². The number of ether oxygens (including phenoxy) is 3. The molecule has 1 aromatic carbocycles. The first-order valence-electron chi connectivity index (χ1n) is 9.40. The molecule has 0 spiro atoms. The fraction of sp³-hybridized carbons (Fsp3) is 0.700. The Balaban J connectivity index is 1.44. The third kappa shape index (κ3) is 5.17. The van der Waals surface area contributed by atoms with Crippen LogP contribution in [0.25, 0.3) is 0 Å². The van der Waals surface area contributed by atoms with Gasteiger partial charge in [0.1, 0.15) is 5.75 Å². The molecule has 2 aliphatic heterocycles. The minimum Gasteiger partial charge on any atom is -0.497 e. The van der Waals surface area contributed by atoms with Crippen molar-refractivity contribution >= 4 is 0 Å². The Morgan fingerprint density at radius 2 is 1.96 bits per heavy atom. The van der Waals surface area contributed by atoms with Crippen molar-refractivity contribution in [3.63, 3.8) is 0 Å². The van der Waals surface area contributed by atoms with Gasteiger partial charge in [0.15, 0.2) is 0 Å². The molecule has 0 unspecified atom stereocenters. The Hall–Kier alpha value is -1.14. The number of hydrogen-bond donors (Lipinski definition) is 0. The normalized spacial score (nSPS) is 26.8. The first kappa shape index (κ1) is 18.6. The van der Waals surface area contributed by atoms with Gasteiger partial charge >= 0.3 is 0 Å². The Kier molecular flexibility index (Phi) is 6.70. The Morgan fingerprint density at radius 3 is 2.68 bits per heavy atom. The SMILES string of the molecule is COc1ccc(CN2CC[C@H]3O[C@H](COCCN(C)C)CC[C@H]32)cc1. The summed E-state index contributed by atoms with van der Waals surface area (Å²) in [5.74, 6) is 0.918. The van der Waals surface area contributed by atoms with Gasteiger partial charge in [0.2, 0.25) is 0 Å². The summed E-state index contributed by atoms with van der Waals surface area (Å²) in [6, 6.07) is 8.97. The smallest absolute Gasteiger partial charge is 0.118 e. The second-order valence-electron chi connectivity index (χ2n) is 7.43. The highest BCUT2D eigenvalue weighted by atomic mass is 16.5. The molecule has 0 aromatic heterocycles. The van der Waals surface area contributed by atoms with Crippen molar-refractivity contribution in [3.05, 3.63) is 29.8 Å². The number of rotatable bonds is 8. The second-order valence-corrected chi connectivity index (χ2v) is 7.43. The first-order chi connectivity index (χ1) is 12.2. The van der Waals surface area contributed by atoms with E-state index in [2.05, 4.69) is 36.0 Å². The van der Waals surface area contributed by atoms with Gasteiger partial charge in [-0.1, -0.05) is 12.1 Å². The van der Waals surface area contributed by atoms with Gasteiger partial charge in [-0.25, -0.2) is 0 Å². The highest BCUT2D eigenvalue weighted by Crippen LogP contribution is 2.32. The van der Waals surface area contributed by atoms with E-state index in [1.807, 2.05) is 12.1 Å². The monoisotopic (exact) mass is 348 g/mol. The fourth-order valence-corrected chi connectivity index (χ4v) is 3.83. The van der Waals surface area contributed by atoms with E-state index in [0.29, 0.717) is 12.1 Å². The first-order valence-corrected chi connectivity index (χ1v) is 9.40. The van der Waals surface area contributed by atoms with E-state index in [1.165, 1.54) is 12.0 Å². The van der Waals surface area contributed by atoms with E-state index >= 15 is 0 Å². The molecule has 140 valence electrons. The van der Waals surface area contributed by atoms with Gasteiger partial charge in [-0.15, -0.1) is 0 Å². The number of hydrogen-bond acceptors (Lipinski definition) is 5. The van der Waals surface area contributed by atoms with Crippen LogP contribution in [0.15, 0.2) is 24.3 Å². The van der Waals surface area contributed by atoms with Crippen molar-refractivity contribution in [2.45, 2.75) is 44.1 Å². The number of methoxy groups -OCH3 is 1. The van der Waals surface area contributed by atoms with Crippen molar-refractivity contribution in [1.82, 2.24) is 9.80 Å². The third-order valence-electron chi connectivity index (χ3n) is 5.28. The van der Waals surface area contributed by atoms with Crippen molar-refractivity contribution in [2.75, 3.05) is 47.5 Å². The molecule has 0 N–H and O–H groups in total. The molecule has 5 nitrogen and oxygen atoms in total. The van der Waals surface area contributed by atoms with Crippen molar-refractivity contribution < 1.29 is 14.2 Å². The molecule has 5 heteroatoms. The summed E-state index contributed by atoms with van der Waals surface area (Å²) in [5.41, 5.74) is 1.34. The molecule has 0 radical (unpaired) electrons. The molecule has 0 saturated carbocycles. The molecule has 3 rings (SSSR count). The predicted molar refractivity (Wildman–Crippen MR) is 99.1 cm³/mol. The molecule has 3 atom stereocenters. The maximum Gasteiger partial charge on any atom is 0.118 e. The number of benzene rings is 1. The zero-order valence-electron chi connectivity index (χ0n) is 15.8. The van der Waals surface area contributed by atoms with Crippen molar-refractivity contribution in [3.8, 4) is 5.75 Å². The minimum atomic E-state index is 0.268. The largest absolute Gasteiger partial charge is 0.497 e. The molecule has 0 aliphatic carbocycles.